The molecule has 0 spiro atoms. The molecule has 1 aliphatic heterocycles. The number of halogens is 1. The van der Waals surface area contributed by atoms with E-state index in [4.69, 9.17) is 0 Å². The highest BCUT2D eigenvalue weighted by Gasteiger charge is 2.27. The van der Waals surface area contributed by atoms with E-state index in [1.165, 1.54) is 6.07 Å². The molecule has 20 heavy (non-hydrogen) atoms. The molecular formula is C16H18FN3. The lowest BCUT2D eigenvalue weighted by Gasteiger charge is -2.26. The molecule has 1 fully saturated rings. The van der Waals surface area contributed by atoms with Gasteiger partial charge in [0.2, 0.25) is 0 Å². The first kappa shape index (κ1) is 13.0. The van der Waals surface area contributed by atoms with E-state index in [2.05, 4.69) is 21.2 Å². The largest absolute Gasteiger partial charge is 0.348 e. The van der Waals surface area contributed by atoms with Crippen molar-refractivity contribution in [1.82, 2.24) is 10.2 Å². The maximum Gasteiger partial charge on any atom is 0.152 e. The highest BCUT2D eigenvalue weighted by Crippen LogP contribution is 2.35. The van der Waals surface area contributed by atoms with Crippen LogP contribution in [0.2, 0.25) is 0 Å². The fourth-order valence-electron chi connectivity index (χ4n) is 2.77. The zero-order valence-corrected chi connectivity index (χ0v) is 11.8. The molecular weight excluding hydrogens is 253 g/mol. The van der Waals surface area contributed by atoms with Crippen molar-refractivity contribution in [2.45, 2.75) is 32.7 Å². The van der Waals surface area contributed by atoms with E-state index in [0.29, 0.717) is 0 Å². The third-order valence-electron chi connectivity index (χ3n) is 4.00. The molecule has 0 bridgehead atoms. The zero-order chi connectivity index (χ0) is 14.1. The summed E-state index contributed by atoms with van der Waals surface area (Å²) in [4.78, 5) is 2.23. The SMILES string of the molecule is Cc1cc(N2CCCC2c2cccc(F)c2)nnc1C. The maximum atomic E-state index is 13.4. The molecule has 0 saturated carbocycles. The Bertz CT molecular complexity index is 627. The summed E-state index contributed by atoms with van der Waals surface area (Å²) >= 11 is 0. The van der Waals surface area contributed by atoms with Gasteiger partial charge >= 0.3 is 0 Å². The average Bonchev–Trinajstić information content (AvgIpc) is 2.91. The average molecular weight is 271 g/mol. The van der Waals surface area contributed by atoms with Crippen LogP contribution in [0.15, 0.2) is 30.3 Å². The van der Waals surface area contributed by atoms with E-state index in [1.54, 1.807) is 12.1 Å². The Hall–Kier alpha value is -1.97. The van der Waals surface area contributed by atoms with Gasteiger partial charge < -0.3 is 4.90 Å². The molecule has 3 rings (SSSR count). The highest BCUT2D eigenvalue weighted by atomic mass is 19.1. The standard InChI is InChI=1S/C16H18FN3/c1-11-9-16(19-18-12(11)2)20-8-4-7-15(20)13-5-3-6-14(17)10-13/h3,5-6,9-10,15H,4,7-8H2,1-2H3. The third-order valence-corrected chi connectivity index (χ3v) is 4.00. The second kappa shape index (κ2) is 5.19. The smallest absolute Gasteiger partial charge is 0.152 e. The van der Waals surface area contributed by atoms with Gasteiger partial charge in [-0.3, -0.25) is 0 Å². The molecule has 1 aliphatic rings. The van der Waals surface area contributed by atoms with Crippen LogP contribution in [0.4, 0.5) is 10.2 Å². The lowest BCUT2D eigenvalue weighted by molar-refractivity contribution is 0.618. The van der Waals surface area contributed by atoms with Crippen LogP contribution in [0, 0.1) is 19.7 Å². The number of hydrogen-bond donors (Lipinski definition) is 0. The molecule has 104 valence electrons. The molecule has 1 aromatic carbocycles. The van der Waals surface area contributed by atoms with Gasteiger partial charge in [0, 0.05) is 6.54 Å². The fourth-order valence-corrected chi connectivity index (χ4v) is 2.77. The third kappa shape index (κ3) is 2.38. The van der Waals surface area contributed by atoms with Crippen molar-refractivity contribution in [3.63, 3.8) is 0 Å². The quantitative estimate of drug-likeness (QED) is 0.836. The van der Waals surface area contributed by atoms with E-state index < -0.39 is 0 Å². The van der Waals surface area contributed by atoms with E-state index in [0.717, 1.165) is 42.0 Å². The van der Waals surface area contributed by atoms with Gasteiger partial charge in [-0.25, -0.2) is 4.39 Å². The van der Waals surface area contributed by atoms with Crippen LogP contribution in [0.1, 0.15) is 35.7 Å². The van der Waals surface area contributed by atoms with Crippen LogP contribution in [0.3, 0.4) is 0 Å². The van der Waals surface area contributed by atoms with Crippen molar-refractivity contribution in [3.8, 4) is 0 Å². The Morgan fingerprint density at radius 2 is 2.05 bits per heavy atom. The van der Waals surface area contributed by atoms with E-state index in [1.807, 2.05) is 19.9 Å². The molecule has 1 saturated heterocycles. The Morgan fingerprint density at radius 3 is 2.80 bits per heavy atom. The predicted molar refractivity (Wildman–Crippen MR) is 77.2 cm³/mol. The van der Waals surface area contributed by atoms with Gasteiger partial charge in [-0.15, -0.1) is 5.10 Å². The lowest BCUT2D eigenvalue weighted by atomic mass is 10.0. The van der Waals surface area contributed by atoms with Crippen LogP contribution < -0.4 is 4.90 Å². The summed E-state index contributed by atoms with van der Waals surface area (Å²) in [5, 5.41) is 8.50. The Morgan fingerprint density at radius 1 is 1.20 bits per heavy atom. The van der Waals surface area contributed by atoms with Crippen molar-refractivity contribution in [3.05, 3.63) is 53.0 Å². The van der Waals surface area contributed by atoms with Gasteiger partial charge in [0.25, 0.3) is 0 Å². The predicted octanol–water partition coefficient (Wildman–Crippen LogP) is 3.57. The Kier molecular flexibility index (Phi) is 3.38. The topological polar surface area (TPSA) is 29.0 Å². The molecule has 2 aromatic rings. The van der Waals surface area contributed by atoms with E-state index >= 15 is 0 Å². The Balaban J connectivity index is 1.94. The molecule has 0 radical (unpaired) electrons. The van der Waals surface area contributed by atoms with Crippen LogP contribution in [0.5, 0.6) is 0 Å². The van der Waals surface area contributed by atoms with Gasteiger partial charge in [0.1, 0.15) is 5.82 Å². The Labute approximate surface area is 118 Å². The monoisotopic (exact) mass is 271 g/mol. The van der Waals surface area contributed by atoms with Gasteiger partial charge in [0.05, 0.1) is 11.7 Å². The molecule has 1 aromatic heterocycles. The van der Waals surface area contributed by atoms with Gasteiger partial charge in [-0.05, 0) is 56.0 Å². The van der Waals surface area contributed by atoms with Crippen LogP contribution in [-0.4, -0.2) is 16.7 Å². The summed E-state index contributed by atoms with van der Waals surface area (Å²) in [5.74, 6) is 0.709. The number of aryl methyl sites for hydroxylation is 2. The summed E-state index contributed by atoms with van der Waals surface area (Å²) in [7, 11) is 0. The number of benzene rings is 1. The minimum absolute atomic E-state index is 0.180. The summed E-state index contributed by atoms with van der Waals surface area (Å²) in [6, 6.07) is 9.13. The summed E-state index contributed by atoms with van der Waals surface area (Å²) in [5.41, 5.74) is 3.11. The van der Waals surface area contributed by atoms with Crippen LogP contribution in [0.25, 0.3) is 0 Å². The second-order valence-corrected chi connectivity index (χ2v) is 5.38. The van der Waals surface area contributed by atoms with Crippen molar-refractivity contribution < 1.29 is 4.39 Å². The lowest BCUT2D eigenvalue weighted by Crippen LogP contribution is -2.24. The molecule has 1 atom stereocenters. The van der Waals surface area contributed by atoms with E-state index in [-0.39, 0.29) is 11.9 Å². The van der Waals surface area contributed by atoms with Crippen molar-refractivity contribution in [2.24, 2.45) is 0 Å². The van der Waals surface area contributed by atoms with Crippen molar-refractivity contribution in [2.75, 3.05) is 11.4 Å². The van der Waals surface area contributed by atoms with Gasteiger partial charge in [-0.1, -0.05) is 12.1 Å². The van der Waals surface area contributed by atoms with Gasteiger partial charge in [0.15, 0.2) is 5.82 Å². The summed E-state index contributed by atoms with van der Waals surface area (Å²) < 4.78 is 13.4. The number of rotatable bonds is 2. The minimum Gasteiger partial charge on any atom is -0.348 e. The molecule has 0 aliphatic carbocycles. The summed E-state index contributed by atoms with van der Waals surface area (Å²) in [6.07, 6.45) is 2.12. The normalized spacial score (nSPS) is 18.6. The van der Waals surface area contributed by atoms with Gasteiger partial charge in [-0.2, -0.15) is 5.10 Å². The van der Waals surface area contributed by atoms with Crippen LogP contribution in [-0.2, 0) is 0 Å². The first-order valence-corrected chi connectivity index (χ1v) is 6.98. The number of anilines is 1. The molecule has 1 unspecified atom stereocenters. The minimum atomic E-state index is -0.180. The van der Waals surface area contributed by atoms with Crippen molar-refractivity contribution >= 4 is 5.82 Å². The molecule has 4 heteroatoms. The van der Waals surface area contributed by atoms with E-state index in [9.17, 15) is 4.39 Å². The van der Waals surface area contributed by atoms with Crippen molar-refractivity contribution in [1.29, 1.82) is 0 Å². The molecule has 2 heterocycles. The highest BCUT2D eigenvalue weighted by molar-refractivity contribution is 5.45. The maximum absolute atomic E-state index is 13.4. The molecule has 0 N–H and O–H groups in total. The second-order valence-electron chi connectivity index (χ2n) is 5.38. The first-order chi connectivity index (χ1) is 9.65. The number of hydrogen-bond acceptors (Lipinski definition) is 3. The summed E-state index contributed by atoms with van der Waals surface area (Å²) in [6.45, 7) is 4.94. The number of nitrogens with zero attached hydrogens (tertiary/aromatic N) is 3. The number of aromatic nitrogens is 2. The molecule has 0 amide bonds. The molecule has 3 nitrogen and oxygen atoms in total. The zero-order valence-electron chi connectivity index (χ0n) is 11.8. The first-order valence-electron chi connectivity index (χ1n) is 6.98. The van der Waals surface area contributed by atoms with Crippen LogP contribution >= 0.6 is 0 Å². The fraction of sp³-hybridized carbons (Fsp3) is 0.375.